The van der Waals surface area contributed by atoms with Crippen molar-refractivity contribution in [3.8, 4) is 0 Å². The van der Waals surface area contributed by atoms with Gasteiger partial charge in [0.05, 0.1) is 6.54 Å². The number of ether oxygens (including phenoxy) is 1. The Hall–Kier alpha value is -1.01. The van der Waals surface area contributed by atoms with Gasteiger partial charge in [-0.3, -0.25) is 0 Å². The molecular formula is C14H23BrN2O3. The van der Waals surface area contributed by atoms with Gasteiger partial charge in [-0.25, -0.2) is 4.79 Å². The number of hydrogen-bond acceptors (Lipinski definition) is 4. The minimum Gasteiger partial charge on any atom is -0.453 e. The fourth-order valence-electron chi connectivity index (χ4n) is 1.57. The molecule has 1 atom stereocenters. The molecule has 0 saturated carbocycles. The largest absolute Gasteiger partial charge is 0.453 e. The second-order valence-electron chi connectivity index (χ2n) is 5.57. The summed E-state index contributed by atoms with van der Waals surface area (Å²) < 4.78 is 11.3. The molecule has 0 spiro atoms. The number of furan rings is 1. The van der Waals surface area contributed by atoms with E-state index >= 15 is 0 Å². The van der Waals surface area contributed by atoms with E-state index in [-0.39, 0.29) is 6.04 Å². The molecule has 5 nitrogen and oxygen atoms in total. The van der Waals surface area contributed by atoms with E-state index in [9.17, 15) is 4.79 Å². The molecule has 0 bridgehead atoms. The van der Waals surface area contributed by atoms with Crippen LogP contribution in [0.5, 0.6) is 0 Å². The molecule has 1 amide bonds. The average molecular weight is 347 g/mol. The van der Waals surface area contributed by atoms with Crippen LogP contribution in [0.2, 0.25) is 0 Å². The zero-order chi connectivity index (χ0) is 15.2. The first-order valence-electron chi connectivity index (χ1n) is 6.74. The van der Waals surface area contributed by atoms with E-state index in [4.69, 9.17) is 9.15 Å². The third-order valence-electron chi connectivity index (χ3n) is 2.58. The Morgan fingerprint density at radius 3 is 2.65 bits per heavy atom. The van der Waals surface area contributed by atoms with Gasteiger partial charge in [0.2, 0.25) is 0 Å². The van der Waals surface area contributed by atoms with Crippen molar-refractivity contribution in [1.29, 1.82) is 0 Å². The predicted octanol–water partition coefficient (Wildman–Crippen LogP) is 3.44. The third kappa shape index (κ3) is 6.96. The summed E-state index contributed by atoms with van der Waals surface area (Å²) in [5.41, 5.74) is -0.473. The summed E-state index contributed by atoms with van der Waals surface area (Å²) in [7, 11) is 0. The molecule has 0 aliphatic rings. The lowest BCUT2D eigenvalue weighted by Gasteiger charge is -2.22. The van der Waals surface area contributed by atoms with Crippen LogP contribution < -0.4 is 10.6 Å². The summed E-state index contributed by atoms with van der Waals surface area (Å²) in [6.45, 7) is 8.74. The second kappa shape index (κ2) is 7.69. The van der Waals surface area contributed by atoms with Crippen molar-refractivity contribution >= 4 is 22.0 Å². The van der Waals surface area contributed by atoms with Gasteiger partial charge in [-0.05, 0) is 55.3 Å². The molecule has 2 N–H and O–H groups in total. The molecule has 0 fully saturated rings. The molecule has 1 aromatic heterocycles. The Morgan fingerprint density at radius 2 is 2.15 bits per heavy atom. The molecule has 6 heteroatoms. The summed E-state index contributed by atoms with van der Waals surface area (Å²) in [4.78, 5) is 11.6. The van der Waals surface area contributed by atoms with Gasteiger partial charge in [0, 0.05) is 12.6 Å². The van der Waals surface area contributed by atoms with E-state index in [0.29, 0.717) is 17.8 Å². The number of nitrogens with one attached hydrogen (secondary N) is 2. The quantitative estimate of drug-likeness (QED) is 0.828. The summed E-state index contributed by atoms with van der Waals surface area (Å²) in [6, 6.07) is 3.94. The number of alkyl carbamates (subject to hydrolysis) is 1. The molecule has 0 radical (unpaired) electrons. The van der Waals surface area contributed by atoms with Crippen molar-refractivity contribution in [2.75, 3.05) is 6.54 Å². The van der Waals surface area contributed by atoms with Gasteiger partial charge in [0.25, 0.3) is 0 Å². The lowest BCUT2D eigenvalue weighted by atomic mass is 10.2. The Kier molecular flexibility index (Phi) is 6.55. The Bertz CT molecular complexity index is 426. The Morgan fingerprint density at radius 1 is 1.45 bits per heavy atom. The van der Waals surface area contributed by atoms with Crippen LogP contribution in [0.25, 0.3) is 0 Å². The predicted molar refractivity (Wildman–Crippen MR) is 81.6 cm³/mol. The molecule has 0 aliphatic heterocycles. The maximum absolute atomic E-state index is 11.6. The van der Waals surface area contributed by atoms with Crippen LogP contribution in [0.4, 0.5) is 4.79 Å². The maximum Gasteiger partial charge on any atom is 0.407 e. The Balaban J connectivity index is 2.30. The van der Waals surface area contributed by atoms with Crippen LogP contribution in [0, 0.1) is 0 Å². The molecule has 1 rings (SSSR count). The highest BCUT2D eigenvalue weighted by Crippen LogP contribution is 2.13. The van der Waals surface area contributed by atoms with Gasteiger partial charge in [0.1, 0.15) is 11.4 Å². The smallest absolute Gasteiger partial charge is 0.407 e. The van der Waals surface area contributed by atoms with Crippen molar-refractivity contribution in [2.45, 2.75) is 52.3 Å². The first-order valence-corrected chi connectivity index (χ1v) is 7.54. The van der Waals surface area contributed by atoms with Gasteiger partial charge >= 0.3 is 6.09 Å². The van der Waals surface area contributed by atoms with E-state index in [1.165, 1.54) is 0 Å². The number of carbonyl (C=O) groups excluding carboxylic acids is 1. The zero-order valence-electron chi connectivity index (χ0n) is 12.5. The molecule has 114 valence electrons. The SMILES string of the molecule is CCC(CNC(=O)OC(C)(C)C)NCc1ccc(Br)o1. The van der Waals surface area contributed by atoms with Crippen molar-refractivity contribution < 1.29 is 13.9 Å². The molecule has 20 heavy (non-hydrogen) atoms. The summed E-state index contributed by atoms with van der Waals surface area (Å²) in [6.07, 6.45) is 0.510. The number of hydrogen-bond donors (Lipinski definition) is 2. The van der Waals surface area contributed by atoms with Gasteiger partial charge in [0.15, 0.2) is 4.67 Å². The van der Waals surface area contributed by atoms with Crippen LogP contribution in [0.3, 0.4) is 0 Å². The number of rotatable bonds is 6. The van der Waals surface area contributed by atoms with Crippen LogP contribution in [-0.4, -0.2) is 24.3 Å². The number of carbonyl (C=O) groups is 1. The summed E-state index contributed by atoms with van der Waals surface area (Å²) in [5.74, 6) is 0.854. The number of halogens is 1. The average Bonchev–Trinajstić information content (AvgIpc) is 2.73. The summed E-state index contributed by atoms with van der Waals surface area (Å²) in [5, 5.41) is 6.10. The zero-order valence-corrected chi connectivity index (χ0v) is 14.0. The van der Waals surface area contributed by atoms with Crippen molar-refractivity contribution in [3.63, 3.8) is 0 Å². The van der Waals surface area contributed by atoms with Crippen LogP contribution in [-0.2, 0) is 11.3 Å². The lowest BCUT2D eigenvalue weighted by Crippen LogP contribution is -2.42. The van der Waals surface area contributed by atoms with Gasteiger partial charge < -0.3 is 19.8 Å². The third-order valence-corrected chi connectivity index (χ3v) is 3.00. The fraction of sp³-hybridized carbons (Fsp3) is 0.643. The maximum atomic E-state index is 11.6. The highest BCUT2D eigenvalue weighted by Gasteiger charge is 2.17. The molecule has 0 aromatic carbocycles. The highest BCUT2D eigenvalue weighted by molar-refractivity contribution is 9.10. The molecule has 0 aliphatic carbocycles. The van der Waals surface area contributed by atoms with Crippen LogP contribution >= 0.6 is 15.9 Å². The molecular weight excluding hydrogens is 324 g/mol. The monoisotopic (exact) mass is 346 g/mol. The molecule has 1 heterocycles. The lowest BCUT2D eigenvalue weighted by molar-refractivity contribution is 0.0522. The van der Waals surface area contributed by atoms with Crippen LogP contribution in [0.15, 0.2) is 21.2 Å². The van der Waals surface area contributed by atoms with E-state index in [2.05, 4.69) is 33.5 Å². The Labute approximate surface area is 128 Å². The normalized spacial score (nSPS) is 13.1. The molecule has 0 saturated heterocycles. The van der Waals surface area contributed by atoms with Crippen LogP contribution in [0.1, 0.15) is 39.9 Å². The standard InChI is InChI=1S/C14H23BrN2O3/c1-5-10(8-17-13(18)20-14(2,3)4)16-9-11-6-7-12(15)19-11/h6-7,10,16H,5,8-9H2,1-4H3,(H,17,18). The number of amides is 1. The van der Waals surface area contributed by atoms with E-state index in [1.54, 1.807) is 0 Å². The topological polar surface area (TPSA) is 63.5 Å². The first-order chi connectivity index (χ1) is 9.30. The second-order valence-corrected chi connectivity index (χ2v) is 6.36. The summed E-state index contributed by atoms with van der Waals surface area (Å²) >= 11 is 3.27. The van der Waals surface area contributed by atoms with Gasteiger partial charge in [-0.1, -0.05) is 6.92 Å². The fourth-order valence-corrected chi connectivity index (χ4v) is 1.91. The van der Waals surface area contributed by atoms with Crippen molar-refractivity contribution in [3.05, 3.63) is 22.6 Å². The minimum absolute atomic E-state index is 0.173. The molecule has 1 unspecified atom stereocenters. The van der Waals surface area contributed by atoms with Gasteiger partial charge in [-0.2, -0.15) is 0 Å². The minimum atomic E-state index is -0.473. The highest BCUT2D eigenvalue weighted by atomic mass is 79.9. The van der Waals surface area contributed by atoms with E-state index < -0.39 is 11.7 Å². The van der Waals surface area contributed by atoms with E-state index in [1.807, 2.05) is 32.9 Å². The van der Waals surface area contributed by atoms with Gasteiger partial charge in [-0.15, -0.1) is 0 Å². The van der Waals surface area contributed by atoms with Crippen molar-refractivity contribution in [2.24, 2.45) is 0 Å². The first kappa shape index (κ1) is 17.0. The molecule has 1 aromatic rings. The van der Waals surface area contributed by atoms with Crippen molar-refractivity contribution in [1.82, 2.24) is 10.6 Å². The van der Waals surface area contributed by atoms with E-state index in [0.717, 1.165) is 12.2 Å².